The van der Waals surface area contributed by atoms with Crippen LogP contribution in [0.5, 0.6) is 0 Å². The second-order valence-electron chi connectivity index (χ2n) is 6.34. The summed E-state index contributed by atoms with van der Waals surface area (Å²) in [5.41, 5.74) is 2.99. The number of rotatable bonds is 6. The van der Waals surface area contributed by atoms with Gasteiger partial charge in [0.05, 0.1) is 0 Å². The van der Waals surface area contributed by atoms with E-state index in [1.807, 2.05) is 6.92 Å². The number of hydrogen-bond donors (Lipinski definition) is 1. The van der Waals surface area contributed by atoms with Crippen LogP contribution in [0.1, 0.15) is 71.0 Å². The molecule has 0 amide bonds. The summed E-state index contributed by atoms with van der Waals surface area (Å²) in [6.45, 7) is 11.9. The van der Waals surface area contributed by atoms with Gasteiger partial charge in [-0.05, 0) is 42.9 Å². The van der Waals surface area contributed by atoms with Crippen molar-refractivity contribution in [3.8, 4) is 11.8 Å². The summed E-state index contributed by atoms with van der Waals surface area (Å²) >= 11 is 0. The Bertz CT molecular complexity index is 439. The van der Waals surface area contributed by atoms with Crippen molar-refractivity contribution in [2.75, 3.05) is 6.54 Å². The van der Waals surface area contributed by atoms with E-state index in [0.717, 1.165) is 25.8 Å². The summed E-state index contributed by atoms with van der Waals surface area (Å²) in [4.78, 5) is 0. The van der Waals surface area contributed by atoms with Gasteiger partial charge in [-0.1, -0.05) is 52.0 Å². The Kier molecular flexibility index (Phi) is 6.82. The molecule has 1 nitrogen and oxygen atoms in total. The third-order valence-corrected chi connectivity index (χ3v) is 3.55. The van der Waals surface area contributed by atoms with Gasteiger partial charge in [-0.3, -0.25) is 0 Å². The zero-order valence-electron chi connectivity index (χ0n) is 13.7. The SMILES string of the molecule is CC#CCCC(NCCC)c1ccc(C(C)(C)C)cc1. The van der Waals surface area contributed by atoms with Crippen LogP contribution in [-0.2, 0) is 5.41 Å². The summed E-state index contributed by atoms with van der Waals surface area (Å²) in [5, 5.41) is 3.64. The Morgan fingerprint density at radius 1 is 1.15 bits per heavy atom. The molecule has 20 heavy (non-hydrogen) atoms. The summed E-state index contributed by atoms with van der Waals surface area (Å²) in [6.07, 6.45) is 3.20. The van der Waals surface area contributed by atoms with Crippen molar-refractivity contribution >= 4 is 0 Å². The van der Waals surface area contributed by atoms with E-state index in [2.05, 4.69) is 69.1 Å². The first-order chi connectivity index (χ1) is 9.49. The molecule has 0 heterocycles. The lowest BCUT2D eigenvalue weighted by Crippen LogP contribution is -2.22. The Morgan fingerprint density at radius 2 is 1.80 bits per heavy atom. The van der Waals surface area contributed by atoms with Crippen molar-refractivity contribution in [3.05, 3.63) is 35.4 Å². The van der Waals surface area contributed by atoms with Gasteiger partial charge >= 0.3 is 0 Å². The molecule has 110 valence electrons. The summed E-state index contributed by atoms with van der Waals surface area (Å²) in [7, 11) is 0. The van der Waals surface area contributed by atoms with Crippen LogP contribution in [0.3, 0.4) is 0 Å². The molecule has 0 saturated heterocycles. The molecule has 0 saturated carbocycles. The normalized spacial score (nSPS) is 12.7. The third-order valence-electron chi connectivity index (χ3n) is 3.55. The fraction of sp³-hybridized carbons (Fsp3) is 0.579. The van der Waals surface area contributed by atoms with E-state index in [0.29, 0.717) is 6.04 Å². The van der Waals surface area contributed by atoms with Crippen molar-refractivity contribution in [3.63, 3.8) is 0 Å². The molecule has 0 spiro atoms. The fourth-order valence-electron chi connectivity index (χ4n) is 2.26. The van der Waals surface area contributed by atoms with E-state index in [1.54, 1.807) is 0 Å². The maximum Gasteiger partial charge on any atom is 0.0329 e. The highest BCUT2D eigenvalue weighted by atomic mass is 14.9. The van der Waals surface area contributed by atoms with Gasteiger partial charge in [-0.2, -0.15) is 0 Å². The lowest BCUT2D eigenvalue weighted by molar-refractivity contribution is 0.504. The molecule has 1 aromatic rings. The van der Waals surface area contributed by atoms with Gasteiger partial charge in [0.2, 0.25) is 0 Å². The molecular formula is C19H29N. The molecule has 1 N–H and O–H groups in total. The maximum atomic E-state index is 3.64. The minimum atomic E-state index is 0.221. The topological polar surface area (TPSA) is 12.0 Å². The number of hydrogen-bond acceptors (Lipinski definition) is 1. The predicted molar refractivity (Wildman–Crippen MR) is 88.9 cm³/mol. The van der Waals surface area contributed by atoms with E-state index in [4.69, 9.17) is 0 Å². The Balaban J connectivity index is 2.80. The molecule has 0 fully saturated rings. The van der Waals surface area contributed by atoms with Gasteiger partial charge in [-0.15, -0.1) is 11.8 Å². The van der Waals surface area contributed by atoms with Crippen LogP contribution < -0.4 is 5.32 Å². The summed E-state index contributed by atoms with van der Waals surface area (Å²) < 4.78 is 0. The van der Waals surface area contributed by atoms with E-state index < -0.39 is 0 Å². The molecule has 0 aromatic heterocycles. The highest BCUT2D eigenvalue weighted by molar-refractivity contribution is 5.29. The molecule has 1 rings (SSSR count). The zero-order chi connectivity index (χ0) is 15.0. The van der Waals surface area contributed by atoms with Gasteiger partial charge in [0.15, 0.2) is 0 Å². The fourth-order valence-corrected chi connectivity index (χ4v) is 2.26. The van der Waals surface area contributed by atoms with Crippen molar-refractivity contribution in [1.82, 2.24) is 5.32 Å². The molecule has 1 heteroatoms. The lowest BCUT2D eigenvalue weighted by atomic mass is 9.86. The first-order valence-electron chi connectivity index (χ1n) is 7.72. The van der Waals surface area contributed by atoms with Crippen LogP contribution in [0.2, 0.25) is 0 Å². The van der Waals surface area contributed by atoms with Crippen LogP contribution >= 0.6 is 0 Å². The molecule has 0 bridgehead atoms. The molecular weight excluding hydrogens is 242 g/mol. The monoisotopic (exact) mass is 271 g/mol. The minimum absolute atomic E-state index is 0.221. The van der Waals surface area contributed by atoms with Crippen LogP contribution in [0.4, 0.5) is 0 Å². The second-order valence-corrected chi connectivity index (χ2v) is 6.34. The first kappa shape index (κ1) is 16.8. The van der Waals surface area contributed by atoms with Crippen molar-refractivity contribution in [2.24, 2.45) is 0 Å². The molecule has 1 unspecified atom stereocenters. The largest absolute Gasteiger partial charge is 0.310 e. The van der Waals surface area contributed by atoms with E-state index in [1.165, 1.54) is 11.1 Å². The van der Waals surface area contributed by atoms with Crippen LogP contribution in [-0.4, -0.2) is 6.54 Å². The highest BCUT2D eigenvalue weighted by Gasteiger charge is 2.15. The van der Waals surface area contributed by atoms with Gasteiger partial charge in [-0.25, -0.2) is 0 Å². The first-order valence-corrected chi connectivity index (χ1v) is 7.72. The van der Waals surface area contributed by atoms with Gasteiger partial charge in [0.25, 0.3) is 0 Å². The second kappa shape index (κ2) is 8.12. The van der Waals surface area contributed by atoms with Crippen LogP contribution in [0.25, 0.3) is 0 Å². The summed E-state index contributed by atoms with van der Waals surface area (Å²) in [5.74, 6) is 6.15. The minimum Gasteiger partial charge on any atom is -0.310 e. The van der Waals surface area contributed by atoms with Crippen LogP contribution in [0.15, 0.2) is 24.3 Å². The van der Waals surface area contributed by atoms with Gasteiger partial charge in [0.1, 0.15) is 0 Å². The number of benzene rings is 1. The van der Waals surface area contributed by atoms with Crippen molar-refractivity contribution in [1.29, 1.82) is 0 Å². The molecule has 0 aliphatic carbocycles. The maximum absolute atomic E-state index is 3.64. The predicted octanol–water partition coefficient (Wildman–Crippen LogP) is 4.83. The van der Waals surface area contributed by atoms with E-state index >= 15 is 0 Å². The Hall–Kier alpha value is -1.26. The third kappa shape index (κ3) is 5.39. The molecule has 0 radical (unpaired) electrons. The standard InChI is InChI=1S/C19H29N/c1-6-8-9-10-18(20-15-7-2)16-11-13-17(14-12-16)19(3,4)5/h11-14,18,20H,7,9-10,15H2,1-5H3. The molecule has 1 atom stereocenters. The zero-order valence-corrected chi connectivity index (χ0v) is 13.7. The average molecular weight is 271 g/mol. The van der Waals surface area contributed by atoms with Gasteiger partial charge < -0.3 is 5.32 Å². The molecule has 0 aliphatic rings. The summed E-state index contributed by atoms with van der Waals surface area (Å²) in [6, 6.07) is 9.49. The lowest BCUT2D eigenvalue weighted by Gasteiger charge is -2.22. The van der Waals surface area contributed by atoms with E-state index in [-0.39, 0.29) is 5.41 Å². The van der Waals surface area contributed by atoms with E-state index in [9.17, 15) is 0 Å². The quantitative estimate of drug-likeness (QED) is 0.731. The average Bonchev–Trinajstić information content (AvgIpc) is 2.42. The van der Waals surface area contributed by atoms with Gasteiger partial charge in [0, 0.05) is 12.5 Å². The smallest absolute Gasteiger partial charge is 0.0329 e. The van der Waals surface area contributed by atoms with Crippen molar-refractivity contribution in [2.45, 2.75) is 65.3 Å². The Morgan fingerprint density at radius 3 is 2.30 bits per heavy atom. The highest BCUT2D eigenvalue weighted by Crippen LogP contribution is 2.25. The van der Waals surface area contributed by atoms with Crippen LogP contribution in [0, 0.1) is 11.8 Å². The molecule has 1 aromatic carbocycles. The molecule has 0 aliphatic heterocycles. The number of nitrogens with one attached hydrogen (secondary N) is 1. The Labute approximate surface area is 125 Å². The van der Waals surface area contributed by atoms with Crippen molar-refractivity contribution < 1.29 is 0 Å².